The quantitative estimate of drug-likeness (QED) is 0.131. The van der Waals surface area contributed by atoms with Crippen LogP contribution in [0.3, 0.4) is 0 Å². The van der Waals surface area contributed by atoms with Crippen LogP contribution in [0.1, 0.15) is 49.3 Å². The third-order valence-corrected chi connectivity index (χ3v) is 7.48. The van der Waals surface area contributed by atoms with Crippen LogP contribution < -0.4 is 0 Å². The molecular weight excluding hydrogens is 588 g/mol. The van der Waals surface area contributed by atoms with E-state index in [2.05, 4.69) is 150 Å². The Kier molecular flexibility index (Phi) is 13.9. The molecule has 2 radical (unpaired) electrons. The van der Waals surface area contributed by atoms with Crippen LogP contribution in [0, 0.1) is 28.7 Å². The van der Waals surface area contributed by atoms with Crippen LogP contribution in [0.2, 0.25) is 0 Å². The van der Waals surface area contributed by atoms with E-state index in [4.69, 9.17) is 0 Å². The second kappa shape index (κ2) is 16.6. The van der Waals surface area contributed by atoms with Crippen molar-refractivity contribution in [1.29, 1.82) is 0 Å². The van der Waals surface area contributed by atoms with Gasteiger partial charge < -0.3 is 14.9 Å². The van der Waals surface area contributed by atoms with Crippen molar-refractivity contribution in [3.05, 3.63) is 147 Å². The second-order valence-corrected chi connectivity index (χ2v) is 10.3. The zero-order chi connectivity index (χ0) is 27.8. The minimum atomic E-state index is 0. The van der Waals surface area contributed by atoms with Crippen LogP contribution in [0.5, 0.6) is 0 Å². The summed E-state index contributed by atoms with van der Waals surface area (Å²) in [5.74, 6) is 0.649. The molecule has 0 heterocycles. The second-order valence-electron chi connectivity index (χ2n) is 10.3. The molecule has 210 valence electrons. The Morgan fingerprint density at radius 3 is 1.85 bits per heavy atom. The van der Waals surface area contributed by atoms with E-state index >= 15 is 0 Å². The van der Waals surface area contributed by atoms with E-state index in [0.717, 1.165) is 0 Å². The monoisotopic (exact) mass is 628 g/mol. The molecule has 0 N–H and O–H groups in total. The molecule has 0 aliphatic carbocycles. The topological polar surface area (TPSA) is 0 Å². The van der Waals surface area contributed by atoms with Crippen molar-refractivity contribution >= 4 is 28.4 Å². The van der Waals surface area contributed by atoms with E-state index in [1.807, 2.05) is 0 Å². The van der Waals surface area contributed by atoms with Crippen molar-refractivity contribution in [2.24, 2.45) is 0 Å². The van der Waals surface area contributed by atoms with Gasteiger partial charge in [-0.3, -0.25) is 0 Å². The summed E-state index contributed by atoms with van der Waals surface area (Å²) in [5, 5.41) is 5.50. The third kappa shape index (κ3) is 8.15. The van der Waals surface area contributed by atoms with Gasteiger partial charge in [0.2, 0.25) is 0 Å². The van der Waals surface area contributed by atoms with Crippen molar-refractivity contribution in [2.45, 2.75) is 46.5 Å². The van der Waals surface area contributed by atoms with E-state index in [-0.39, 0.29) is 14.9 Å². The Labute approximate surface area is 265 Å². The fourth-order valence-corrected chi connectivity index (χ4v) is 5.47. The molecule has 0 fully saturated rings. The summed E-state index contributed by atoms with van der Waals surface area (Å²) in [5.41, 5.74) is 9.45. The van der Waals surface area contributed by atoms with Gasteiger partial charge in [0.15, 0.2) is 0 Å². The van der Waals surface area contributed by atoms with Gasteiger partial charge in [-0.25, -0.2) is 0 Å². The normalized spacial score (nSPS) is 10.8. The SMILES string of the molecule is CCCC(C)c1cc2c(-c3ccccc3)cccc2[cH-]1.Cc1cc2c(-c3ccccc3)ccc(C)c2[cH-]1.[CH3-].[CH3-].[Si]=[Zr]. The van der Waals surface area contributed by atoms with Crippen molar-refractivity contribution in [2.75, 3.05) is 0 Å². The average molecular weight is 630 g/mol. The summed E-state index contributed by atoms with van der Waals surface area (Å²) in [4.78, 5) is 0. The van der Waals surface area contributed by atoms with Gasteiger partial charge in [-0.05, 0) is 23.5 Å². The first kappa shape index (κ1) is 34.4. The molecule has 0 spiro atoms. The van der Waals surface area contributed by atoms with Crippen molar-refractivity contribution in [3.63, 3.8) is 0 Å². The molecule has 6 aromatic carbocycles. The minimum absolute atomic E-state index is 0. The third-order valence-electron chi connectivity index (χ3n) is 7.48. The predicted molar refractivity (Wildman–Crippen MR) is 181 cm³/mol. The van der Waals surface area contributed by atoms with Crippen LogP contribution in [0.15, 0.2) is 115 Å². The molecule has 0 aromatic heterocycles. The molecule has 0 saturated carbocycles. The standard InChI is InChI=1S/C20H21.C17H15.2CH3.Si.Zr/c1-3-8-15(2)18-13-17-11-7-12-19(20(17)14-18)16-9-5-4-6-10-16;1-12-10-16-13(2)8-9-15(17(16)11-12)14-6-4-3-5-7-14;;;;/h4-7,9-15H,3,8H2,1-2H3;3-11H,1-2H3;2*1H3;;/q4*-1;;. The van der Waals surface area contributed by atoms with Gasteiger partial charge in [0, 0.05) is 0 Å². The van der Waals surface area contributed by atoms with Gasteiger partial charge in [0.1, 0.15) is 0 Å². The Hall–Kier alpha value is -2.80. The number of aryl methyl sites for hydroxylation is 2. The number of rotatable bonds is 5. The summed E-state index contributed by atoms with van der Waals surface area (Å²) in [6, 6.07) is 41.6. The fraction of sp³-hybridized carbons (Fsp3) is 0.179. The fourth-order valence-electron chi connectivity index (χ4n) is 5.47. The predicted octanol–water partition coefficient (Wildman–Crippen LogP) is 11.5. The first-order valence-corrected chi connectivity index (χ1v) is 18.0. The Bertz CT molecular complexity index is 1620. The Balaban J connectivity index is 0.000000261. The molecule has 0 aliphatic rings. The van der Waals surface area contributed by atoms with Crippen LogP contribution >= 0.6 is 0 Å². The first-order chi connectivity index (χ1) is 19.0. The molecule has 6 aromatic rings. The molecular formula is C39H42SiZr-4. The number of benzene rings is 4. The van der Waals surface area contributed by atoms with Gasteiger partial charge >= 0.3 is 30.2 Å². The maximum atomic E-state index is 3.06. The van der Waals surface area contributed by atoms with E-state index in [0.29, 0.717) is 5.92 Å². The number of hydrogen-bond acceptors (Lipinski definition) is 0. The zero-order valence-electron chi connectivity index (χ0n) is 25.5. The van der Waals surface area contributed by atoms with Crippen molar-refractivity contribution in [3.8, 4) is 22.3 Å². The summed E-state index contributed by atoms with van der Waals surface area (Å²) in [7, 11) is 0. The molecule has 0 aliphatic heterocycles. The van der Waals surface area contributed by atoms with Crippen LogP contribution in [-0.2, 0) is 23.3 Å². The van der Waals surface area contributed by atoms with E-state index in [1.165, 1.54) is 96.7 Å². The van der Waals surface area contributed by atoms with E-state index in [1.54, 1.807) is 0 Å². The molecule has 0 nitrogen and oxygen atoms in total. The van der Waals surface area contributed by atoms with Crippen LogP contribution in [0.25, 0.3) is 43.8 Å². The van der Waals surface area contributed by atoms with Gasteiger partial charge in [-0.15, -0.1) is 68.6 Å². The van der Waals surface area contributed by atoms with Gasteiger partial charge in [-0.2, -0.15) is 12.1 Å². The molecule has 1 atom stereocenters. The molecule has 0 saturated heterocycles. The Morgan fingerprint density at radius 2 is 1.27 bits per heavy atom. The molecule has 1 unspecified atom stereocenters. The molecule has 2 heteroatoms. The van der Waals surface area contributed by atoms with Gasteiger partial charge in [-0.1, -0.05) is 118 Å². The van der Waals surface area contributed by atoms with E-state index in [9.17, 15) is 0 Å². The van der Waals surface area contributed by atoms with Crippen LogP contribution in [0.4, 0.5) is 0 Å². The summed E-state index contributed by atoms with van der Waals surface area (Å²) < 4.78 is 0. The van der Waals surface area contributed by atoms with Crippen LogP contribution in [-0.4, -0.2) is 6.88 Å². The first-order valence-electron chi connectivity index (χ1n) is 13.8. The van der Waals surface area contributed by atoms with E-state index < -0.39 is 0 Å². The summed E-state index contributed by atoms with van der Waals surface area (Å²) >= 11 is 1.36. The number of hydrogen-bond donors (Lipinski definition) is 0. The zero-order valence-corrected chi connectivity index (χ0v) is 28.9. The average Bonchev–Trinajstić information content (AvgIpc) is 3.60. The summed E-state index contributed by atoms with van der Waals surface area (Å²) in [6.45, 7) is 12.0. The van der Waals surface area contributed by atoms with Crippen molar-refractivity contribution < 1.29 is 23.3 Å². The van der Waals surface area contributed by atoms with Gasteiger partial charge in [0.25, 0.3) is 0 Å². The summed E-state index contributed by atoms with van der Waals surface area (Å²) in [6.07, 6.45) is 2.51. The molecule has 6 rings (SSSR count). The Morgan fingerprint density at radius 1 is 0.683 bits per heavy atom. The molecule has 0 amide bonds. The van der Waals surface area contributed by atoms with Crippen molar-refractivity contribution in [1.82, 2.24) is 0 Å². The number of fused-ring (bicyclic) bond motifs is 2. The van der Waals surface area contributed by atoms with Gasteiger partial charge in [0.05, 0.1) is 0 Å². The maximum absolute atomic E-state index is 3.06. The molecule has 0 bridgehead atoms. The molecule has 41 heavy (non-hydrogen) atoms.